The first kappa shape index (κ1) is 18.6. The normalized spacial score (nSPS) is 15.6. The molecule has 2 aromatic rings. The lowest BCUT2D eigenvalue weighted by Crippen LogP contribution is -2.48. The molecule has 26 heavy (non-hydrogen) atoms. The second kappa shape index (κ2) is 8.96. The van der Waals surface area contributed by atoms with Crippen LogP contribution >= 0.6 is 0 Å². The van der Waals surface area contributed by atoms with Gasteiger partial charge in [0, 0.05) is 38.8 Å². The fourth-order valence-corrected chi connectivity index (χ4v) is 3.36. The van der Waals surface area contributed by atoms with Gasteiger partial charge >= 0.3 is 0 Å². The van der Waals surface area contributed by atoms with Crippen LogP contribution in [0.1, 0.15) is 35.2 Å². The van der Waals surface area contributed by atoms with Gasteiger partial charge in [-0.25, -0.2) is 0 Å². The molecule has 0 N–H and O–H groups in total. The third-order valence-corrected chi connectivity index (χ3v) is 4.70. The Labute approximate surface area is 155 Å². The standard InChI is InChI=1S/C20H28N4O2/c1-3-9-23-10-12-24(13-11-23)20(25)19-14-18(26-21-19)16-22(2)15-17-7-5-4-6-8-17/h4-8,14H,3,9-13,15-16H2,1-2H3. The van der Waals surface area contributed by atoms with Crippen molar-refractivity contribution in [1.82, 2.24) is 19.9 Å². The molecule has 1 amide bonds. The predicted octanol–water partition coefficient (Wildman–Crippen LogP) is 2.47. The molecule has 0 unspecified atom stereocenters. The smallest absolute Gasteiger partial charge is 0.276 e. The minimum Gasteiger partial charge on any atom is -0.359 e. The van der Waals surface area contributed by atoms with Crippen molar-refractivity contribution < 1.29 is 9.32 Å². The Morgan fingerprint density at radius 2 is 1.88 bits per heavy atom. The zero-order valence-corrected chi connectivity index (χ0v) is 15.7. The van der Waals surface area contributed by atoms with Gasteiger partial charge in [0.25, 0.3) is 5.91 Å². The molecule has 0 spiro atoms. The molecule has 1 saturated heterocycles. The first-order valence-electron chi connectivity index (χ1n) is 9.35. The molecule has 2 heterocycles. The summed E-state index contributed by atoms with van der Waals surface area (Å²) < 4.78 is 5.40. The molecule has 140 valence electrons. The van der Waals surface area contributed by atoms with Gasteiger partial charge in [0.05, 0.1) is 6.54 Å². The van der Waals surface area contributed by atoms with Gasteiger partial charge in [-0.1, -0.05) is 42.4 Å². The molecular formula is C20H28N4O2. The third-order valence-electron chi connectivity index (χ3n) is 4.70. The van der Waals surface area contributed by atoms with Crippen molar-refractivity contribution in [3.63, 3.8) is 0 Å². The van der Waals surface area contributed by atoms with Crippen molar-refractivity contribution in [2.24, 2.45) is 0 Å². The molecule has 1 fully saturated rings. The maximum Gasteiger partial charge on any atom is 0.276 e. The summed E-state index contributed by atoms with van der Waals surface area (Å²) in [5.74, 6) is 0.693. The fraction of sp³-hybridized carbons (Fsp3) is 0.500. The summed E-state index contributed by atoms with van der Waals surface area (Å²) in [7, 11) is 2.03. The first-order chi connectivity index (χ1) is 12.7. The van der Waals surface area contributed by atoms with E-state index in [1.54, 1.807) is 6.07 Å². The quantitative estimate of drug-likeness (QED) is 0.763. The van der Waals surface area contributed by atoms with Crippen molar-refractivity contribution in [2.45, 2.75) is 26.4 Å². The van der Waals surface area contributed by atoms with Crippen molar-refractivity contribution in [2.75, 3.05) is 39.8 Å². The van der Waals surface area contributed by atoms with Crippen LogP contribution in [-0.2, 0) is 13.1 Å². The Morgan fingerprint density at radius 3 is 2.58 bits per heavy atom. The summed E-state index contributed by atoms with van der Waals surface area (Å²) in [6, 6.07) is 12.1. The second-order valence-electron chi connectivity index (χ2n) is 6.97. The van der Waals surface area contributed by atoms with E-state index in [9.17, 15) is 4.79 Å². The van der Waals surface area contributed by atoms with Crippen molar-refractivity contribution in [3.8, 4) is 0 Å². The highest BCUT2D eigenvalue weighted by molar-refractivity contribution is 5.92. The van der Waals surface area contributed by atoms with Crippen LogP contribution in [0.5, 0.6) is 0 Å². The number of rotatable bonds is 7. The molecule has 1 aliphatic heterocycles. The van der Waals surface area contributed by atoms with Gasteiger partial charge in [-0.15, -0.1) is 0 Å². The highest BCUT2D eigenvalue weighted by atomic mass is 16.5. The number of hydrogen-bond donors (Lipinski definition) is 0. The van der Waals surface area contributed by atoms with Crippen molar-refractivity contribution in [1.29, 1.82) is 0 Å². The lowest BCUT2D eigenvalue weighted by atomic mass is 10.2. The maximum atomic E-state index is 12.6. The van der Waals surface area contributed by atoms with E-state index in [1.165, 1.54) is 5.56 Å². The molecule has 1 aliphatic rings. The van der Waals surface area contributed by atoms with E-state index in [0.717, 1.165) is 51.4 Å². The minimum atomic E-state index is -0.0261. The zero-order chi connectivity index (χ0) is 18.4. The number of nitrogens with zero attached hydrogens (tertiary/aromatic N) is 4. The van der Waals surface area contributed by atoms with Crippen LogP contribution in [0.3, 0.4) is 0 Å². The summed E-state index contributed by atoms with van der Waals surface area (Å²) in [5, 5.41) is 4.00. The van der Waals surface area contributed by atoms with Crippen LogP contribution in [0.4, 0.5) is 0 Å². The molecule has 1 aromatic heterocycles. The van der Waals surface area contributed by atoms with Crippen LogP contribution in [0.25, 0.3) is 0 Å². The zero-order valence-electron chi connectivity index (χ0n) is 15.7. The third kappa shape index (κ3) is 4.93. The predicted molar refractivity (Wildman–Crippen MR) is 101 cm³/mol. The van der Waals surface area contributed by atoms with E-state index >= 15 is 0 Å². The lowest BCUT2D eigenvalue weighted by Gasteiger charge is -2.34. The molecule has 6 nitrogen and oxygen atoms in total. The fourth-order valence-electron chi connectivity index (χ4n) is 3.36. The first-order valence-corrected chi connectivity index (χ1v) is 9.35. The summed E-state index contributed by atoms with van der Waals surface area (Å²) >= 11 is 0. The summed E-state index contributed by atoms with van der Waals surface area (Å²) in [6.07, 6.45) is 1.15. The highest BCUT2D eigenvalue weighted by Crippen LogP contribution is 2.13. The van der Waals surface area contributed by atoms with Gasteiger partial charge in [-0.2, -0.15) is 0 Å². The molecule has 6 heteroatoms. The van der Waals surface area contributed by atoms with Gasteiger partial charge < -0.3 is 9.42 Å². The van der Waals surface area contributed by atoms with E-state index in [4.69, 9.17) is 4.52 Å². The van der Waals surface area contributed by atoms with Gasteiger partial charge in [0.1, 0.15) is 0 Å². The molecule has 3 rings (SSSR count). The summed E-state index contributed by atoms with van der Waals surface area (Å²) in [4.78, 5) is 19.0. The van der Waals surface area contributed by atoms with Crippen molar-refractivity contribution in [3.05, 3.63) is 53.4 Å². The highest BCUT2D eigenvalue weighted by Gasteiger charge is 2.24. The summed E-state index contributed by atoms with van der Waals surface area (Å²) in [6.45, 7) is 8.12. The van der Waals surface area contributed by atoms with Gasteiger partial charge in [0.15, 0.2) is 11.5 Å². The average Bonchev–Trinajstić information content (AvgIpc) is 3.11. The van der Waals surface area contributed by atoms with Gasteiger partial charge in [-0.05, 0) is 25.6 Å². The monoisotopic (exact) mass is 356 g/mol. The molecule has 1 aromatic carbocycles. The van der Waals surface area contributed by atoms with E-state index in [2.05, 4.69) is 34.0 Å². The van der Waals surface area contributed by atoms with Crippen LogP contribution in [0.2, 0.25) is 0 Å². The van der Waals surface area contributed by atoms with Crippen LogP contribution in [0, 0.1) is 0 Å². The molecule has 0 atom stereocenters. The molecule has 0 radical (unpaired) electrons. The number of carbonyl (C=O) groups is 1. The average molecular weight is 356 g/mol. The van der Waals surface area contributed by atoms with Crippen LogP contribution in [0.15, 0.2) is 40.9 Å². The molecular weight excluding hydrogens is 328 g/mol. The number of hydrogen-bond acceptors (Lipinski definition) is 5. The van der Waals surface area contributed by atoms with Gasteiger partial charge in [0.2, 0.25) is 0 Å². The number of benzene rings is 1. The number of aromatic nitrogens is 1. The molecule has 0 aliphatic carbocycles. The van der Waals surface area contributed by atoms with Crippen LogP contribution in [-0.4, -0.2) is 65.5 Å². The molecule has 0 bridgehead atoms. The number of amides is 1. The maximum absolute atomic E-state index is 12.6. The van der Waals surface area contributed by atoms with E-state index < -0.39 is 0 Å². The topological polar surface area (TPSA) is 52.8 Å². The lowest BCUT2D eigenvalue weighted by molar-refractivity contribution is 0.0627. The number of piperazine rings is 1. The van der Waals surface area contributed by atoms with E-state index in [1.807, 2.05) is 30.1 Å². The van der Waals surface area contributed by atoms with E-state index in [0.29, 0.717) is 12.2 Å². The molecule has 0 saturated carbocycles. The second-order valence-corrected chi connectivity index (χ2v) is 6.97. The van der Waals surface area contributed by atoms with Crippen molar-refractivity contribution >= 4 is 5.91 Å². The Kier molecular flexibility index (Phi) is 6.41. The van der Waals surface area contributed by atoms with Crippen LogP contribution < -0.4 is 0 Å². The Morgan fingerprint density at radius 1 is 1.15 bits per heavy atom. The Bertz CT molecular complexity index is 693. The van der Waals surface area contributed by atoms with E-state index in [-0.39, 0.29) is 5.91 Å². The Balaban J connectivity index is 1.52. The largest absolute Gasteiger partial charge is 0.359 e. The minimum absolute atomic E-state index is 0.0261. The Hall–Kier alpha value is -2.18. The SMILES string of the molecule is CCCN1CCN(C(=O)c2cc(CN(C)Cc3ccccc3)on2)CC1. The van der Waals surface area contributed by atoms with Gasteiger partial charge in [-0.3, -0.25) is 14.6 Å². The number of carbonyl (C=O) groups excluding carboxylic acids is 1. The summed E-state index contributed by atoms with van der Waals surface area (Å²) in [5.41, 5.74) is 1.66.